The van der Waals surface area contributed by atoms with Crippen LogP contribution in [0, 0.1) is 0 Å². The summed E-state index contributed by atoms with van der Waals surface area (Å²) in [5.41, 5.74) is -0.0943. The maximum Gasteiger partial charge on any atom is 0.339 e. The van der Waals surface area contributed by atoms with E-state index in [-0.39, 0.29) is 36.2 Å². The molecule has 0 atom stereocenters. The molecule has 1 heterocycles. The van der Waals surface area contributed by atoms with E-state index < -0.39 is 15.8 Å². The number of benzene rings is 1. The maximum absolute atomic E-state index is 11.4. The molecule has 20 heavy (non-hydrogen) atoms. The van der Waals surface area contributed by atoms with Crippen LogP contribution in [0.15, 0.2) is 12.1 Å². The minimum Gasteiger partial charge on any atom is -0.491 e. The van der Waals surface area contributed by atoms with Crippen molar-refractivity contribution in [1.29, 1.82) is 0 Å². The van der Waals surface area contributed by atoms with Gasteiger partial charge in [-0.1, -0.05) is 6.92 Å². The first kappa shape index (κ1) is 14.4. The lowest BCUT2D eigenvalue weighted by Crippen LogP contribution is -2.16. The molecule has 1 aromatic carbocycles. The molecule has 0 spiro atoms. The van der Waals surface area contributed by atoms with Gasteiger partial charge < -0.3 is 19.3 Å². The van der Waals surface area contributed by atoms with Crippen molar-refractivity contribution in [3.63, 3.8) is 0 Å². The van der Waals surface area contributed by atoms with Crippen LogP contribution < -0.4 is 14.2 Å². The highest BCUT2D eigenvalue weighted by Gasteiger charge is 2.22. The summed E-state index contributed by atoms with van der Waals surface area (Å²) in [6.07, 6.45) is 0. The zero-order chi connectivity index (χ0) is 14.8. The maximum atomic E-state index is 11.4. The molecule has 7 nitrogen and oxygen atoms in total. The van der Waals surface area contributed by atoms with E-state index in [1.807, 2.05) is 0 Å². The Hall–Kier alpha value is -1.96. The second-order valence-corrected chi connectivity index (χ2v) is 6.56. The van der Waals surface area contributed by atoms with Crippen molar-refractivity contribution in [2.45, 2.75) is 6.92 Å². The Morgan fingerprint density at radius 3 is 2.60 bits per heavy atom. The predicted molar refractivity (Wildman–Crippen MR) is 69.3 cm³/mol. The van der Waals surface area contributed by atoms with Crippen LogP contribution in [0.3, 0.4) is 0 Å². The Morgan fingerprint density at radius 2 is 2.00 bits per heavy atom. The average molecular weight is 302 g/mol. The van der Waals surface area contributed by atoms with Crippen molar-refractivity contribution >= 4 is 15.8 Å². The van der Waals surface area contributed by atoms with Crippen LogP contribution in [0.1, 0.15) is 17.3 Å². The second-order valence-electron chi connectivity index (χ2n) is 4.09. The minimum absolute atomic E-state index is 0.0159. The number of sulfone groups is 1. The minimum atomic E-state index is -3.16. The van der Waals surface area contributed by atoms with Crippen LogP contribution >= 0.6 is 0 Å². The highest BCUT2D eigenvalue weighted by atomic mass is 32.2. The summed E-state index contributed by atoms with van der Waals surface area (Å²) < 4.78 is 38.2. The number of fused-ring (bicyclic) bond motifs is 1. The molecule has 0 aliphatic carbocycles. The number of ether oxygens (including phenoxy) is 3. The monoisotopic (exact) mass is 302 g/mol. The molecule has 0 aromatic heterocycles. The van der Waals surface area contributed by atoms with Crippen molar-refractivity contribution in [1.82, 2.24) is 0 Å². The number of carbonyl (C=O) groups is 1. The van der Waals surface area contributed by atoms with Gasteiger partial charge in [0.15, 0.2) is 21.3 Å². The standard InChI is InChI=1S/C12H14O7S/c1-2-20(15,16)4-3-17-9-6-11-10(18-7-19-11)5-8(9)12(13)14/h5-6H,2-4,7H2,1H3,(H,13,14). The third kappa shape index (κ3) is 3.13. The molecule has 1 aromatic rings. The predicted octanol–water partition coefficient (Wildman–Crippen LogP) is 0.927. The molecule has 1 N–H and O–H groups in total. The van der Waals surface area contributed by atoms with E-state index in [1.54, 1.807) is 6.92 Å². The van der Waals surface area contributed by atoms with E-state index in [9.17, 15) is 13.2 Å². The SMILES string of the molecule is CCS(=O)(=O)CCOc1cc2c(cc1C(=O)O)OCO2. The Labute approximate surface area is 116 Å². The molecule has 110 valence electrons. The van der Waals surface area contributed by atoms with E-state index in [0.29, 0.717) is 11.5 Å². The third-order valence-corrected chi connectivity index (χ3v) is 4.47. The number of carboxylic acids is 1. The van der Waals surface area contributed by atoms with Gasteiger partial charge in [0.05, 0.1) is 5.75 Å². The molecule has 8 heteroatoms. The Bertz CT molecular complexity index is 621. The largest absolute Gasteiger partial charge is 0.491 e. The topological polar surface area (TPSA) is 99.1 Å². The van der Waals surface area contributed by atoms with Crippen molar-refractivity contribution in [3.8, 4) is 17.2 Å². The van der Waals surface area contributed by atoms with Crippen LogP contribution in [0.4, 0.5) is 0 Å². The first-order valence-corrected chi connectivity index (χ1v) is 7.75. The Morgan fingerprint density at radius 1 is 1.35 bits per heavy atom. The lowest BCUT2D eigenvalue weighted by atomic mass is 10.2. The number of aromatic carboxylic acids is 1. The molecular weight excluding hydrogens is 288 g/mol. The molecule has 0 fully saturated rings. The van der Waals surface area contributed by atoms with E-state index >= 15 is 0 Å². The zero-order valence-electron chi connectivity index (χ0n) is 10.8. The van der Waals surface area contributed by atoms with Gasteiger partial charge in [0.2, 0.25) is 6.79 Å². The van der Waals surface area contributed by atoms with Crippen molar-refractivity contribution in [2.24, 2.45) is 0 Å². The van der Waals surface area contributed by atoms with Crippen LogP contribution in [-0.4, -0.2) is 44.4 Å². The van der Waals surface area contributed by atoms with E-state index in [1.165, 1.54) is 12.1 Å². The summed E-state index contributed by atoms with van der Waals surface area (Å²) in [4.78, 5) is 11.1. The van der Waals surface area contributed by atoms with Crippen molar-refractivity contribution in [3.05, 3.63) is 17.7 Å². The fourth-order valence-corrected chi connectivity index (χ4v) is 2.26. The van der Waals surface area contributed by atoms with Gasteiger partial charge in [-0.15, -0.1) is 0 Å². The quantitative estimate of drug-likeness (QED) is 0.834. The highest BCUT2D eigenvalue weighted by molar-refractivity contribution is 7.91. The molecule has 0 amide bonds. The van der Waals surface area contributed by atoms with Crippen molar-refractivity contribution < 1.29 is 32.5 Å². The van der Waals surface area contributed by atoms with Gasteiger partial charge >= 0.3 is 5.97 Å². The fraction of sp³-hybridized carbons (Fsp3) is 0.417. The number of rotatable bonds is 6. The first-order valence-electron chi connectivity index (χ1n) is 5.93. The van der Waals surface area contributed by atoms with Crippen LogP contribution in [0.5, 0.6) is 17.2 Å². The number of carboxylic acid groups (broad SMARTS) is 1. The lowest BCUT2D eigenvalue weighted by Gasteiger charge is -2.10. The molecule has 0 bridgehead atoms. The van der Waals surface area contributed by atoms with Crippen LogP contribution in [0.25, 0.3) is 0 Å². The first-order chi connectivity index (χ1) is 9.43. The summed E-state index contributed by atoms with van der Waals surface area (Å²) in [6, 6.07) is 2.69. The number of hydrogen-bond acceptors (Lipinski definition) is 6. The molecule has 1 aliphatic rings. The van der Waals surface area contributed by atoms with Gasteiger partial charge in [-0.25, -0.2) is 13.2 Å². The Kier molecular flexibility index (Phi) is 4.03. The molecule has 0 saturated carbocycles. The fourth-order valence-electron chi connectivity index (χ4n) is 1.63. The molecule has 0 unspecified atom stereocenters. The second kappa shape index (κ2) is 5.58. The molecule has 2 rings (SSSR count). The number of hydrogen-bond donors (Lipinski definition) is 1. The third-order valence-electron chi connectivity index (χ3n) is 2.80. The summed E-state index contributed by atoms with van der Waals surface area (Å²) in [5, 5.41) is 9.11. The zero-order valence-corrected chi connectivity index (χ0v) is 11.6. The van der Waals surface area contributed by atoms with E-state index in [2.05, 4.69) is 0 Å². The van der Waals surface area contributed by atoms with E-state index in [0.717, 1.165) is 0 Å². The lowest BCUT2D eigenvalue weighted by molar-refractivity contribution is 0.0692. The Balaban J connectivity index is 2.16. The van der Waals surface area contributed by atoms with Gasteiger partial charge in [0.25, 0.3) is 0 Å². The molecule has 0 saturated heterocycles. The van der Waals surface area contributed by atoms with Gasteiger partial charge in [0.1, 0.15) is 17.9 Å². The summed E-state index contributed by atoms with van der Waals surface area (Å²) >= 11 is 0. The van der Waals surface area contributed by atoms with Gasteiger partial charge in [-0.05, 0) is 0 Å². The normalized spacial score (nSPS) is 13.2. The average Bonchev–Trinajstić information content (AvgIpc) is 2.84. The summed E-state index contributed by atoms with van der Waals surface area (Å²) in [6.45, 7) is 1.44. The van der Waals surface area contributed by atoms with Crippen molar-refractivity contribution in [2.75, 3.05) is 24.9 Å². The van der Waals surface area contributed by atoms with Gasteiger partial charge in [-0.3, -0.25) is 0 Å². The summed E-state index contributed by atoms with van der Waals surface area (Å²) in [7, 11) is -3.16. The van der Waals surface area contributed by atoms with Gasteiger partial charge in [0, 0.05) is 17.9 Å². The smallest absolute Gasteiger partial charge is 0.339 e. The molecular formula is C12H14O7S. The van der Waals surface area contributed by atoms with E-state index in [4.69, 9.17) is 19.3 Å². The molecule has 1 aliphatic heterocycles. The highest BCUT2D eigenvalue weighted by Crippen LogP contribution is 2.38. The summed E-state index contributed by atoms with van der Waals surface area (Å²) in [5.74, 6) is -0.565. The van der Waals surface area contributed by atoms with Crippen LogP contribution in [-0.2, 0) is 9.84 Å². The molecule has 0 radical (unpaired) electrons. The van der Waals surface area contributed by atoms with Crippen LogP contribution in [0.2, 0.25) is 0 Å². The van der Waals surface area contributed by atoms with Gasteiger partial charge in [-0.2, -0.15) is 0 Å².